The fraction of sp³-hybridized carbons (Fsp3) is 0. The molecule has 4 heteroatoms. The number of nitrogens with zero attached hydrogens (tertiary/aromatic N) is 2. The van der Waals surface area contributed by atoms with Gasteiger partial charge in [-0.3, -0.25) is 4.98 Å². The molecule has 0 radical (unpaired) electrons. The Morgan fingerprint density at radius 3 is 2.67 bits per heavy atom. The van der Waals surface area contributed by atoms with Crippen molar-refractivity contribution >= 4 is 21.9 Å². The van der Waals surface area contributed by atoms with Gasteiger partial charge in [-0.25, -0.2) is 4.98 Å². The molecule has 0 saturated heterocycles. The van der Waals surface area contributed by atoms with Crippen LogP contribution in [0.2, 0.25) is 0 Å². The molecule has 0 atom stereocenters. The lowest BCUT2D eigenvalue weighted by Crippen LogP contribution is -1.76. The summed E-state index contributed by atoms with van der Waals surface area (Å²) in [7, 11) is 0. The van der Waals surface area contributed by atoms with Gasteiger partial charge in [0.15, 0.2) is 0 Å². The number of hydrogen-bond donors (Lipinski definition) is 2. The molecule has 0 amide bonds. The molecule has 4 aromatic rings. The van der Waals surface area contributed by atoms with Gasteiger partial charge in [0.2, 0.25) is 0 Å². The fourth-order valence-electron chi connectivity index (χ4n) is 2.22. The highest BCUT2D eigenvalue weighted by atomic mass is 14.9. The molecule has 86 valence electrons. The molecule has 0 aliphatic rings. The van der Waals surface area contributed by atoms with Crippen molar-refractivity contribution in [1.29, 1.82) is 0 Å². The van der Waals surface area contributed by atoms with Crippen molar-refractivity contribution in [2.45, 2.75) is 0 Å². The van der Waals surface area contributed by atoms with Crippen LogP contribution in [-0.2, 0) is 0 Å². The summed E-state index contributed by atoms with van der Waals surface area (Å²) in [5.74, 6) is 0. The lowest BCUT2D eigenvalue weighted by Gasteiger charge is -1.90. The lowest BCUT2D eigenvalue weighted by atomic mass is 10.2. The van der Waals surface area contributed by atoms with Crippen molar-refractivity contribution in [3.05, 3.63) is 48.9 Å². The van der Waals surface area contributed by atoms with Crippen molar-refractivity contribution in [3.8, 4) is 11.4 Å². The first-order chi connectivity index (χ1) is 8.90. The summed E-state index contributed by atoms with van der Waals surface area (Å²) in [5, 5.41) is 2.27. The molecule has 18 heavy (non-hydrogen) atoms. The lowest BCUT2D eigenvalue weighted by molar-refractivity contribution is 1.30. The van der Waals surface area contributed by atoms with E-state index in [0.29, 0.717) is 0 Å². The average Bonchev–Trinajstić information content (AvgIpc) is 3.02. The molecule has 0 bridgehead atoms. The van der Waals surface area contributed by atoms with Crippen molar-refractivity contribution in [2.75, 3.05) is 0 Å². The Labute approximate surface area is 103 Å². The molecule has 4 rings (SSSR count). The summed E-state index contributed by atoms with van der Waals surface area (Å²) in [6, 6.07) is 10.2. The van der Waals surface area contributed by atoms with Crippen molar-refractivity contribution < 1.29 is 0 Å². The van der Waals surface area contributed by atoms with Gasteiger partial charge in [-0.15, -0.1) is 0 Å². The molecule has 4 nitrogen and oxygen atoms in total. The van der Waals surface area contributed by atoms with E-state index in [1.807, 2.05) is 24.4 Å². The first-order valence-electron chi connectivity index (χ1n) is 5.77. The monoisotopic (exact) mass is 234 g/mol. The third-order valence-electron chi connectivity index (χ3n) is 3.11. The molecule has 0 unspecified atom stereocenters. The second-order valence-corrected chi connectivity index (χ2v) is 4.27. The van der Waals surface area contributed by atoms with Gasteiger partial charge in [0.05, 0.1) is 23.1 Å². The Bertz CT molecular complexity index is 703. The molecule has 4 heterocycles. The van der Waals surface area contributed by atoms with E-state index in [-0.39, 0.29) is 0 Å². The molecule has 2 N–H and O–H groups in total. The van der Waals surface area contributed by atoms with E-state index in [0.717, 1.165) is 33.3 Å². The topological polar surface area (TPSA) is 57.4 Å². The molecule has 0 spiro atoms. The maximum absolute atomic E-state index is 4.30. The highest BCUT2D eigenvalue weighted by Crippen LogP contribution is 2.25. The number of fused-ring (bicyclic) bond motifs is 2. The fourth-order valence-corrected chi connectivity index (χ4v) is 2.22. The van der Waals surface area contributed by atoms with Gasteiger partial charge < -0.3 is 9.97 Å². The van der Waals surface area contributed by atoms with Gasteiger partial charge in [-0.1, -0.05) is 0 Å². The zero-order chi connectivity index (χ0) is 11.9. The number of hydrogen-bond acceptors (Lipinski definition) is 2. The minimum absolute atomic E-state index is 0.907. The third-order valence-corrected chi connectivity index (χ3v) is 3.11. The highest BCUT2D eigenvalue weighted by Gasteiger charge is 2.06. The van der Waals surface area contributed by atoms with Gasteiger partial charge in [-0.2, -0.15) is 0 Å². The zero-order valence-electron chi connectivity index (χ0n) is 9.51. The number of aromatic nitrogens is 4. The maximum Gasteiger partial charge on any atom is 0.137 e. The Morgan fingerprint density at radius 1 is 0.889 bits per heavy atom. The van der Waals surface area contributed by atoms with Crippen LogP contribution in [0.15, 0.2) is 48.9 Å². The van der Waals surface area contributed by atoms with Crippen LogP contribution in [0.25, 0.3) is 33.3 Å². The van der Waals surface area contributed by atoms with Crippen LogP contribution in [0, 0.1) is 0 Å². The minimum atomic E-state index is 0.907. The van der Waals surface area contributed by atoms with Crippen molar-refractivity contribution in [1.82, 2.24) is 19.9 Å². The van der Waals surface area contributed by atoms with Crippen LogP contribution >= 0.6 is 0 Å². The van der Waals surface area contributed by atoms with E-state index in [2.05, 4.69) is 32.1 Å². The third kappa shape index (κ3) is 1.32. The number of pyridine rings is 2. The maximum atomic E-state index is 4.30. The van der Waals surface area contributed by atoms with E-state index in [4.69, 9.17) is 0 Å². The van der Waals surface area contributed by atoms with Crippen LogP contribution in [0.1, 0.15) is 0 Å². The largest absolute Gasteiger partial charge is 0.352 e. The van der Waals surface area contributed by atoms with E-state index in [1.54, 1.807) is 12.4 Å². The molecule has 4 aromatic heterocycles. The summed E-state index contributed by atoms with van der Waals surface area (Å²) in [4.78, 5) is 15.1. The summed E-state index contributed by atoms with van der Waals surface area (Å²) in [5.41, 5.74) is 4.04. The SMILES string of the molecule is c1cnc2[nH]c(-c3cc4ccncc4[nH]3)cc2c1. The molecule has 0 fully saturated rings. The normalized spacial score (nSPS) is 11.3. The average molecular weight is 234 g/mol. The Kier molecular flexibility index (Phi) is 1.80. The molecular formula is C14H10N4. The van der Waals surface area contributed by atoms with Gasteiger partial charge in [0.25, 0.3) is 0 Å². The van der Waals surface area contributed by atoms with Gasteiger partial charge in [0.1, 0.15) is 5.65 Å². The molecule has 0 aliphatic heterocycles. The number of H-pyrrole nitrogens is 2. The number of aromatic amines is 2. The Morgan fingerprint density at radius 2 is 1.78 bits per heavy atom. The summed E-state index contributed by atoms with van der Waals surface area (Å²) in [6.45, 7) is 0. The van der Waals surface area contributed by atoms with Gasteiger partial charge >= 0.3 is 0 Å². The zero-order valence-corrected chi connectivity index (χ0v) is 9.51. The van der Waals surface area contributed by atoms with Crippen molar-refractivity contribution in [2.24, 2.45) is 0 Å². The molecule has 0 saturated carbocycles. The Balaban J connectivity index is 1.95. The summed E-state index contributed by atoms with van der Waals surface area (Å²) < 4.78 is 0. The van der Waals surface area contributed by atoms with Crippen LogP contribution in [0.3, 0.4) is 0 Å². The van der Waals surface area contributed by atoms with Crippen LogP contribution in [0.5, 0.6) is 0 Å². The number of nitrogens with one attached hydrogen (secondary N) is 2. The van der Waals surface area contributed by atoms with Gasteiger partial charge in [-0.05, 0) is 30.3 Å². The van der Waals surface area contributed by atoms with E-state index in [9.17, 15) is 0 Å². The molecule has 0 aromatic carbocycles. The van der Waals surface area contributed by atoms with Crippen LogP contribution in [0.4, 0.5) is 0 Å². The molecule has 0 aliphatic carbocycles. The van der Waals surface area contributed by atoms with E-state index >= 15 is 0 Å². The summed E-state index contributed by atoms with van der Waals surface area (Å²) >= 11 is 0. The van der Waals surface area contributed by atoms with E-state index < -0.39 is 0 Å². The second kappa shape index (κ2) is 3.43. The predicted molar refractivity (Wildman–Crippen MR) is 71.2 cm³/mol. The smallest absolute Gasteiger partial charge is 0.137 e. The summed E-state index contributed by atoms with van der Waals surface area (Å²) in [6.07, 6.45) is 5.42. The molecular weight excluding hydrogens is 224 g/mol. The second-order valence-electron chi connectivity index (χ2n) is 4.27. The van der Waals surface area contributed by atoms with E-state index in [1.165, 1.54) is 0 Å². The van der Waals surface area contributed by atoms with Crippen molar-refractivity contribution in [3.63, 3.8) is 0 Å². The first-order valence-corrected chi connectivity index (χ1v) is 5.77. The first kappa shape index (κ1) is 9.41. The minimum Gasteiger partial charge on any atom is -0.352 e. The quantitative estimate of drug-likeness (QED) is 0.531. The Hall–Kier alpha value is -2.62. The van der Waals surface area contributed by atoms with Gasteiger partial charge in [0, 0.05) is 23.2 Å². The van der Waals surface area contributed by atoms with Crippen LogP contribution in [-0.4, -0.2) is 19.9 Å². The number of rotatable bonds is 1. The van der Waals surface area contributed by atoms with Crippen LogP contribution < -0.4 is 0 Å². The predicted octanol–water partition coefficient (Wildman–Crippen LogP) is 3.11. The standard InChI is InChI=1S/C14H10N4/c1-2-10-7-12(18-14(10)16-4-1)11-6-9-3-5-15-8-13(9)17-11/h1-8,17H,(H,16,18). The highest BCUT2D eigenvalue weighted by molar-refractivity contribution is 5.88.